The Morgan fingerprint density at radius 2 is 2.38 bits per heavy atom. The Kier molecular flexibility index (Phi) is 3.46. The monoisotopic (exact) mass is 284 g/mol. The van der Waals surface area contributed by atoms with E-state index in [1.165, 1.54) is 0 Å². The Morgan fingerprint density at radius 3 is 3.00 bits per heavy atom. The summed E-state index contributed by atoms with van der Waals surface area (Å²) in [5.74, 6) is 0.652. The van der Waals surface area contributed by atoms with E-state index in [9.17, 15) is 0 Å². The maximum absolute atomic E-state index is 7.47. The predicted molar refractivity (Wildman–Crippen MR) is 65.0 cm³/mol. The van der Waals surface area contributed by atoms with Gasteiger partial charge in [-0.15, -0.1) is 0 Å². The van der Waals surface area contributed by atoms with Gasteiger partial charge in [0.15, 0.2) is 0 Å². The van der Waals surface area contributed by atoms with Crippen LogP contribution in [0.25, 0.3) is 0 Å². The summed E-state index contributed by atoms with van der Waals surface area (Å²) in [6.45, 7) is 1.33. The van der Waals surface area contributed by atoms with E-state index in [0.717, 1.165) is 17.5 Å². The van der Waals surface area contributed by atoms with Crippen molar-refractivity contribution in [2.45, 2.75) is 12.5 Å². The number of nitrogens with two attached hydrogens (primary N) is 1. The molecule has 0 aromatic heterocycles. The second-order valence-corrected chi connectivity index (χ2v) is 4.57. The Balaban J connectivity index is 2.22. The van der Waals surface area contributed by atoms with Crippen molar-refractivity contribution in [1.82, 2.24) is 0 Å². The number of ether oxygens (including phenoxy) is 2. The van der Waals surface area contributed by atoms with E-state index >= 15 is 0 Å². The molecule has 0 saturated carbocycles. The molecular weight excluding hydrogens is 272 g/mol. The van der Waals surface area contributed by atoms with Gasteiger partial charge < -0.3 is 15.2 Å². The van der Waals surface area contributed by atoms with Crippen LogP contribution in [-0.4, -0.2) is 25.2 Å². The lowest BCUT2D eigenvalue weighted by atomic mass is 10.2. The van der Waals surface area contributed by atoms with Crippen molar-refractivity contribution in [3.8, 4) is 5.75 Å². The molecule has 1 aromatic carbocycles. The van der Waals surface area contributed by atoms with Gasteiger partial charge in [0.25, 0.3) is 0 Å². The fourth-order valence-corrected chi connectivity index (χ4v) is 1.94. The van der Waals surface area contributed by atoms with Crippen LogP contribution in [0.3, 0.4) is 0 Å². The van der Waals surface area contributed by atoms with E-state index in [4.69, 9.17) is 20.6 Å². The number of halogens is 1. The van der Waals surface area contributed by atoms with Crippen molar-refractivity contribution < 1.29 is 9.47 Å². The number of hydrogen-bond acceptors (Lipinski definition) is 3. The first kappa shape index (κ1) is 11.4. The molecule has 0 aliphatic carbocycles. The normalized spacial score (nSPS) is 19.7. The van der Waals surface area contributed by atoms with Gasteiger partial charge in [0.1, 0.15) is 17.7 Å². The number of benzene rings is 1. The van der Waals surface area contributed by atoms with Crippen molar-refractivity contribution in [1.29, 1.82) is 5.41 Å². The molecule has 1 aromatic rings. The van der Waals surface area contributed by atoms with Gasteiger partial charge in [-0.2, -0.15) is 0 Å². The van der Waals surface area contributed by atoms with E-state index in [-0.39, 0.29) is 11.9 Å². The molecule has 16 heavy (non-hydrogen) atoms. The molecule has 0 spiro atoms. The Labute approximate surface area is 102 Å². The van der Waals surface area contributed by atoms with Gasteiger partial charge in [0.2, 0.25) is 0 Å². The number of hydrogen-bond donors (Lipinski definition) is 2. The highest BCUT2D eigenvalue weighted by Crippen LogP contribution is 2.25. The number of amidine groups is 1. The van der Waals surface area contributed by atoms with Gasteiger partial charge in [0, 0.05) is 10.9 Å². The van der Waals surface area contributed by atoms with Crippen LogP contribution in [0.15, 0.2) is 22.7 Å². The quantitative estimate of drug-likeness (QED) is 0.658. The summed E-state index contributed by atoms with van der Waals surface area (Å²) < 4.78 is 11.9. The zero-order valence-electron chi connectivity index (χ0n) is 8.70. The molecule has 0 amide bonds. The SMILES string of the molecule is N=C(N)c1ccc(Br)cc1OC1CCOC1. The molecule has 1 aliphatic rings. The maximum atomic E-state index is 7.47. The van der Waals surface area contributed by atoms with Gasteiger partial charge in [-0.05, 0) is 18.2 Å². The molecule has 4 nitrogen and oxygen atoms in total. The van der Waals surface area contributed by atoms with E-state index in [2.05, 4.69) is 15.9 Å². The van der Waals surface area contributed by atoms with Gasteiger partial charge >= 0.3 is 0 Å². The van der Waals surface area contributed by atoms with Crippen molar-refractivity contribution in [3.05, 3.63) is 28.2 Å². The largest absolute Gasteiger partial charge is 0.487 e. The molecule has 0 bridgehead atoms. The molecule has 2 rings (SSSR count). The predicted octanol–water partition coefficient (Wildman–Crippen LogP) is 1.90. The van der Waals surface area contributed by atoms with Crippen LogP contribution in [0.4, 0.5) is 0 Å². The maximum Gasteiger partial charge on any atom is 0.131 e. The number of rotatable bonds is 3. The summed E-state index contributed by atoms with van der Waals surface area (Å²) in [5, 5.41) is 7.47. The minimum absolute atomic E-state index is 0.0152. The van der Waals surface area contributed by atoms with Crippen LogP contribution in [0.2, 0.25) is 0 Å². The van der Waals surface area contributed by atoms with E-state index < -0.39 is 0 Å². The van der Waals surface area contributed by atoms with E-state index in [1.54, 1.807) is 6.07 Å². The molecule has 1 aliphatic heterocycles. The van der Waals surface area contributed by atoms with Crippen molar-refractivity contribution in [2.24, 2.45) is 5.73 Å². The first-order chi connectivity index (χ1) is 7.66. The first-order valence-electron chi connectivity index (χ1n) is 5.05. The van der Waals surface area contributed by atoms with Crippen LogP contribution in [0, 0.1) is 5.41 Å². The van der Waals surface area contributed by atoms with E-state index in [1.807, 2.05) is 12.1 Å². The summed E-state index contributed by atoms with van der Waals surface area (Å²) >= 11 is 3.37. The molecule has 86 valence electrons. The van der Waals surface area contributed by atoms with Crippen LogP contribution in [0.5, 0.6) is 5.75 Å². The zero-order valence-corrected chi connectivity index (χ0v) is 10.3. The summed E-state index contributed by atoms with van der Waals surface area (Å²) in [5.41, 5.74) is 6.12. The third-order valence-electron chi connectivity index (χ3n) is 2.42. The van der Waals surface area contributed by atoms with Gasteiger partial charge in [0.05, 0.1) is 18.8 Å². The Bertz CT molecular complexity index is 403. The minimum atomic E-state index is 0.0152. The number of nitrogen functional groups attached to an aromatic ring is 1. The van der Waals surface area contributed by atoms with Crippen LogP contribution in [0.1, 0.15) is 12.0 Å². The summed E-state index contributed by atoms with van der Waals surface area (Å²) in [4.78, 5) is 0. The summed E-state index contributed by atoms with van der Waals surface area (Å²) in [6, 6.07) is 5.45. The highest BCUT2D eigenvalue weighted by molar-refractivity contribution is 9.10. The Hall–Kier alpha value is -1.07. The highest BCUT2D eigenvalue weighted by atomic mass is 79.9. The van der Waals surface area contributed by atoms with Crippen molar-refractivity contribution in [2.75, 3.05) is 13.2 Å². The number of nitrogens with one attached hydrogen (secondary N) is 1. The summed E-state index contributed by atoms with van der Waals surface area (Å²) in [7, 11) is 0. The topological polar surface area (TPSA) is 68.3 Å². The average Bonchev–Trinajstić information content (AvgIpc) is 2.70. The third-order valence-corrected chi connectivity index (χ3v) is 2.91. The third kappa shape index (κ3) is 2.54. The molecule has 1 heterocycles. The smallest absolute Gasteiger partial charge is 0.131 e. The fourth-order valence-electron chi connectivity index (χ4n) is 1.60. The van der Waals surface area contributed by atoms with Gasteiger partial charge in [-0.1, -0.05) is 15.9 Å². The molecule has 5 heteroatoms. The second-order valence-electron chi connectivity index (χ2n) is 3.66. The standard InChI is InChI=1S/C11H13BrN2O2/c12-7-1-2-9(11(13)14)10(5-7)16-8-3-4-15-6-8/h1-2,5,8H,3-4,6H2,(H3,13,14). The highest BCUT2D eigenvalue weighted by Gasteiger charge is 2.19. The zero-order chi connectivity index (χ0) is 11.5. The van der Waals surface area contributed by atoms with Crippen molar-refractivity contribution >= 4 is 21.8 Å². The lowest BCUT2D eigenvalue weighted by Crippen LogP contribution is -2.19. The van der Waals surface area contributed by atoms with Crippen LogP contribution in [-0.2, 0) is 4.74 Å². The van der Waals surface area contributed by atoms with Gasteiger partial charge in [-0.25, -0.2) is 0 Å². The average molecular weight is 285 g/mol. The van der Waals surface area contributed by atoms with Crippen LogP contribution >= 0.6 is 15.9 Å². The molecule has 1 unspecified atom stereocenters. The van der Waals surface area contributed by atoms with Crippen LogP contribution < -0.4 is 10.5 Å². The second kappa shape index (κ2) is 4.84. The fraction of sp³-hybridized carbons (Fsp3) is 0.364. The molecule has 0 radical (unpaired) electrons. The Morgan fingerprint density at radius 1 is 1.56 bits per heavy atom. The minimum Gasteiger partial charge on any atom is -0.487 e. The molecule has 1 atom stereocenters. The molecular formula is C11H13BrN2O2. The molecule has 3 N–H and O–H groups in total. The molecule has 1 fully saturated rings. The first-order valence-corrected chi connectivity index (χ1v) is 5.84. The molecule has 1 saturated heterocycles. The lowest BCUT2D eigenvalue weighted by molar-refractivity contribution is 0.141. The van der Waals surface area contributed by atoms with E-state index in [0.29, 0.717) is 17.9 Å². The van der Waals surface area contributed by atoms with Crippen molar-refractivity contribution in [3.63, 3.8) is 0 Å². The summed E-state index contributed by atoms with van der Waals surface area (Å²) in [6.07, 6.45) is 0.941. The van der Waals surface area contributed by atoms with Gasteiger partial charge in [-0.3, -0.25) is 5.41 Å². The lowest BCUT2D eigenvalue weighted by Gasteiger charge is -2.15.